The van der Waals surface area contributed by atoms with Crippen LogP contribution in [-0.4, -0.2) is 6.29 Å². The van der Waals surface area contributed by atoms with Crippen LogP contribution < -0.4 is 10.4 Å². The third-order valence-corrected chi connectivity index (χ3v) is 1.48. The Hall–Kier alpha value is -1.51. The van der Waals surface area contributed by atoms with E-state index in [-0.39, 0.29) is 16.8 Å². The number of aldehydes is 1. The van der Waals surface area contributed by atoms with Crippen molar-refractivity contribution in [2.75, 3.05) is 0 Å². The summed E-state index contributed by atoms with van der Waals surface area (Å²) in [5.41, 5.74) is 0.324. The third kappa shape index (κ3) is 1.56. The molecule has 1 nitrogen and oxygen atoms in total. The molecule has 0 saturated heterocycles. The Labute approximate surface area is 67.6 Å². The van der Waals surface area contributed by atoms with E-state index in [4.69, 9.17) is 0 Å². The molecule has 0 atom stereocenters. The van der Waals surface area contributed by atoms with E-state index in [2.05, 4.69) is 0 Å². The van der Waals surface area contributed by atoms with Gasteiger partial charge < -0.3 is 0 Å². The predicted octanol–water partition coefficient (Wildman–Crippen LogP) is 0.914. The van der Waals surface area contributed by atoms with Crippen LogP contribution >= 0.6 is 0 Å². The first-order chi connectivity index (χ1) is 5.81. The smallest absolute Gasteiger partial charge is 0.150 e. The molecule has 0 fully saturated rings. The van der Waals surface area contributed by atoms with Gasteiger partial charge in [0.1, 0.15) is 6.29 Å². The van der Waals surface area contributed by atoms with Gasteiger partial charge in [0, 0.05) is 16.0 Å². The lowest BCUT2D eigenvalue weighted by Gasteiger charge is -1.89. The summed E-state index contributed by atoms with van der Waals surface area (Å²) in [4.78, 5) is 10.2. The molecule has 0 amide bonds. The summed E-state index contributed by atoms with van der Waals surface area (Å²) in [7, 11) is 0. The first-order valence-corrected chi connectivity index (χ1v) is 3.28. The van der Waals surface area contributed by atoms with Crippen molar-refractivity contribution in [2.45, 2.75) is 0 Å². The van der Waals surface area contributed by atoms with E-state index in [1.165, 1.54) is 18.2 Å². The monoisotopic (exact) mass is 168 g/mol. The average Bonchev–Trinajstić information content (AvgIpc) is 2.16. The summed E-state index contributed by atoms with van der Waals surface area (Å²) in [6, 6.07) is 4.04. The van der Waals surface area contributed by atoms with E-state index in [0.717, 1.165) is 0 Å². The van der Waals surface area contributed by atoms with E-state index >= 15 is 0 Å². The Bertz CT molecular complexity index is 395. The average molecular weight is 168 g/mol. The molecule has 3 heteroatoms. The predicted molar refractivity (Wildman–Crippen MR) is 42.2 cm³/mol. The van der Waals surface area contributed by atoms with E-state index < -0.39 is 0 Å². The quantitative estimate of drug-likeness (QED) is 0.570. The fourth-order valence-electron chi connectivity index (χ4n) is 0.860. The second-order valence-corrected chi connectivity index (χ2v) is 2.22. The zero-order valence-electron chi connectivity index (χ0n) is 6.13. The van der Waals surface area contributed by atoms with E-state index in [1.807, 2.05) is 0 Å². The number of hydrogen-bond acceptors (Lipinski definition) is 1. The standard InChI is InChI=1S/C9H6F2O/c10-4-8-2-1-7(6-12)3-9(8)5-11/h1-6H. The third-order valence-electron chi connectivity index (χ3n) is 1.48. The van der Waals surface area contributed by atoms with E-state index in [9.17, 15) is 13.6 Å². The van der Waals surface area contributed by atoms with Crippen LogP contribution in [0.25, 0.3) is 12.7 Å². The molecule has 1 aromatic carbocycles. The minimum atomic E-state index is 0.0714. The maximum absolute atomic E-state index is 12.1. The first-order valence-electron chi connectivity index (χ1n) is 3.28. The van der Waals surface area contributed by atoms with Crippen LogP contribution in [0.3, 0.4) is 0 Å². The summed E-state index contributed by atoms with van der Waals surface area (Å²) >= 11 is 0. The molecule has 0 N–H and O–H groups in total. The molecular weight excluding hydrogens is 162 g/mol. The molecule has 0 radical (unpaired) electrons. The van der Waals surface area contributed by atoms with Gasteiger partial charge in [0.25, 0.3) is 0 Å². The maximum atomic E-state index is 12.1. The molecule has 0 aliphatic carbocycles. The number of carbonyl (C=O) groups is 1. The highest BCUT2D eigenvalue weighted by Crippen LogP contribution is 1.85. The SMILES string of the molecule is O=Cc1ccc(=CF)c(=CF)c1. The van der Waals surface area contributed by atoms with Crippen molar-refractivity contribution in [3.05, 3.63) is 34.2 Å². The largest absolute Gasteiger partial charge is 0.298 e. The summed E-state index contributed by atoms with van der Waals surface area (Å²) in [5.74, 6) is 0. The van der Waals surface area contributed by atoms with Crippen LogP contribution in [0, 0.1) is 0 Å². The van der Waals surface area contributed by atoms with Crippen molar-refractivity contribution >= 4 is 18.9 Å². The van der Waals surface area contributed by atoms with Crippen LogP contribution in [0.5, 0.6) is 0 Å². The van der Waals surface area contributed by atoms with Gasteiger partial charge in [-0.2, -0.15) is 0 Å². The molecule has 62 valence electrons. The van der Waals surface area contributed by atoms with E-state index in [0.29, 0.717) is 18.2 Å². The summed E-state index contributed by atoms with van der Waals surface area (Å²) in [6.07, 6.45) is 1.13. The van der Waals surface area contributed by atoms with Gasteiger partial charge in [0.05, 0.1) is 12.7 Å². The molecule has 12 heavy (non-hydrogen) atoms. The molecule has 0 aliphatic heterocycles. The van der Waals surface area contributed by atoms with Crippen LogP contribution in [0.2, 0.25) is 0 Å². The Morgan fingerprint density at radius 2 is 1.75 bits per heavy atom. The van der Waals surface area contributed by atoms with Crippen LogP contribution in [-0.2, 0) is 0 Å². The van der Waals surface area contributed by atoms with Crippen molar-refractivity contribution in [3.63, 3.8) is 0 Å². The summed E-state index contributed by atoms with van der Waals surface area (Å²) in [5, 5.41) is 0.199. The topological polar surface area (TPSA) is 17.1 Å². The Balaban J connectivity index is 3.52. The lowest BCUT2D eigenvalue weighted by atomic mass is 10.2. The number of benzene rings is 1. The molecular formula is C9H6F2O. The molecule has 0 spiro atoms. The van der Waals surface area contributed by atoms with Crippen molar-refractivity contribution < 1.29 is 13.6 Å². The number of halogens is 2. The molecule has 1 aromatic rings. The molecule has 0 bridgehead atoms. The molecule has 0 saturated carbocycles. The number of rotatable bonds is 1. The highest BCUT2D eigenvalue weighted by atomic mass is 19.1. The zero-order valence-corrected chi connectivity index (χ0v) is 6.13. The minimum Gasteiger partial charge on any atom is -0.298 e. The van der Waals surface area contributed by atoms with Gasteiger partial charge >= 0.3 is 0 Å². The van der Waals surface area contributed by atoms with Gasteiger partial charge in [0.2, 0.25) is 0 Å². The summed E-state index contributed by atoms with van der Waals surface area (Å²) in [6.45, 7) is 0. The Morgan fingerprint density at radius 3 is 2.25 bits per heavy atom. The van der Waals surface area contributed by atoms with Crippen LogP contribution in [0.15, 0.2) is 18.2 Å². The molecule has 0 aliphatic rings. The Morgan fingerprint density at radius 1 is 1.08 bits per heavy atom. The van der Waals surface area contributed by atoms with Crippen molar-refractivity contribution in [3.8, 4) is 0 Å². The molecule has 0 aromatic heterocycles. The fraction of sp³-hybridized carbons (Fsp3) is 0. The van der Waals surface area contributed by atoms with Crippen molar-refractivity contribution in [1.82, 2.24) is 0 Å². The molecule has 1 rings (SSSR count). The number of carbonyl (C=O) groups excluding carboxylic acids is 1. The van der Waals surface area contributed by atoms with Gasteiger partial charge in [0.15, 0.2) is 0 Å². The maximum Gasteiger partial charge on any atom is 0.150 e. The fourth-order valence-corrected chi connectivity index (χ4v) is 0.860. The highest BCUT2D eigenvalue weighted by Gasteiger charge is 1.90. The summed E-state index contributed by atoms with van der Waals surface area (Å²) < 4.78 is 24.1. The number of hydrogen-bond donors (Lipinski definition) is 0. The second kappa shape index (κ2) is 3.76. The van der Waals surface area contributed by atoms with Gasteiger partial charge in [-0.3, -0.25) is 4.79 Å². The van der Waals surface area contributed by atoms with Crippen LogP contribution in [0.4, 0.5) is 8.78 Å². The van der Waals surface area contributed by atoms with Crippen molar-refractivity contribution in [1.29, 1.82) is 0 Å². The van der Waals surface area contributed by atoms with Gasteiger partial charge in [-0.15, -0.1) is 0 Å². The zero-order chi connectivity index (χ0) is 8.97. The lowest BCUT2D eigenvalue weighted by molar-refractivity contribution is 0.112. The molecule has 0 unspecified atom stereocenters. The van der Waals surface area contributed by atoms with Gasteiger partial charge in [-0.25, -0.2) is 8.78 Å². The van der Waals surface area contributed by atoms with Crippen molar-refractivity contribution in [2.24, 2.45) is 0 Å². The van der Waals surface area contributed by atoms with E-state index in [1.54, 1.807) is 0 Å². The lowest BCUT2D eigenvalue weighted by Crippen LogP contribution is -2.23. The Kier molecular flexibility index (Phi) is 2.69. The first kappa shape index (κ1) is 8.59. The highest BCUT2D eigenvalue weighted by molar-refractivity contribution is 5.74. The second-order valence-electron chi connectivity index (χ2n) is 2.22. The van der Waals surface area contributed by atoms with Gasteiger partial charge in [-0.05, 0) is 6.07 Å². The normalized spacial score (nSPS) is 13.5. The van der Waals surface area contributed by atoms with Gasteiger partial charge in [-0.1, -0.05) is 12.1 Å². The van der Waals surface area contributed by atoms with Crippen LogP contribution in [0.1, 0.15) is 10.4 Å². The minimum absolute atomic E-state index is 0.0714. The molecule has 0 heterocycles.